The summed E-state index contributed by atoms with van der Waals surface area (Å²) in [6, 6.07) is 9.17. The average molecular weight is 307 g/mol. The lowest BCUT2D eigenvalue weighted by molar-refractivity contribution is -0.127. The highest BCUT2D eigenvalue weighted by Crippen LogP contribution is 2.22. The summed E-state index contributed by atoms with van der Waals surface area (Å²) in [6.07, 6.45) is 5.15. The molecule has 1 aliphatic rings. The molecule has 1 saturated heterocycles. The van der Waals surface area contributed by atoms with Gasteiger partial charge in [0.05, 0.1) is 5.69 Å². The minimum absolute atomic E-state index is 0. The van der Waals surface area contributed by atoms with E-state index in [0.29, 0.717) is 12.1 Å². The van der Waals surface area contributed by atoms with Gasteiger partial charge in [0.25, 0.3) is 11.8 Å². The van der Waals surface area contributed by atoms with Crippen molar-refractivity contribution in [2.24, 2.45) is 5.92 Å². The molecule has 1 unspecified atom stereocenters. The molecule has 1 aromatic carbocycles. The van der Waals surface area contributed by atoms with Gasteiger partial charge in [-0.2, -0.15) is 0 Å². The molecular weight excluding hydrogens is 278 g/mol. The van der Waals surface area contributed by atoms with Crippen LogP contribution in [-0.4, -0.2) is 11.8 Å². The summed E-state index contributed by atoms with van der Waals surface area (Å²) in [7, 11) is 0. The third-order valence-corrected chi connectivity index (χ3v) is 3.42. The molecule has 2 rings (SSSR count). The summed E-state index contributed by atoms with van der Waals surface area (Å²) in [5, 5.41) is 1.35. The number of nitrogens with one attached hydrogen (secondary N) is 1. The number of para-hydroxylation sites is 1. The number of unbranched alkanes of at least 4 members (excludes halogenated alkanes) is 2. The van der Waals surface area contributed by atoms with Gasteiger partial charge in [-0.1, -0.05) is 64.7 Å². The second-order valence-electron chi connectivity index (χ2n) is 5.18. The molecule has 1 atom stereocenters. The first kappa shape index (κ1) is 20.1. The van der Waals surface area contributed by atoms with E-state index in [9.17, 15) is 9.59 Å². The molecule has 124 valence electrons. The first-order valence-corrected chi connectivity index (χ1v) is 7.85. The van der Waals surface area contributed by atoms with Crippen LogP contribution < -0.4 is 16.6 Å². The van der Waals surface area contributed by atoms with Crippen molar-refractivity contribution in [1.82, 2.24) is 11.6 Å². The Morgan fingerprint density at radius 1 is 1.00 bits per heavy atom. The number of carbonyl (C=O) groups is 2. The van der Waals surface area contributed by atoms with Crippen LogP contribution in [0.3, 0.4) is 0 Å². The number of hydrogen-bond donors (Lipinski definition) is 2. The van der Waals surface area contributed by atoms with E-state index in [-0.39, 0.29) is 18.0 Å². The standard InChI is InChI=1S/C13H16N2O2.C4H10.H3N/c1-2-3-9-11-12(16)14-15(13(11)17)10-7-5-4-6-8-10;1-3-4-2;/h4-8,11H,2-3,9H2,1H3,(H,14,16);3-4H2,1-2H3;1H3. The van der Waals surface area contributed by atoms with Gasteiger partial charge in [-0.15, -0.1) is 0 Å². The lowest BCUT2D eigenvalue weighted by atomic mass is 10.0. The van der Waals surface area contributed by atoms with E-state index >= 15 is 0 Å². The van der Waals surface area contributed by atoms with Crippen molar-refractivity contribution in [1.29, 1.82) is 0 Å². The van der Waals surface area contributed by atoms with Crippen molar-refractivity contribution < 1.29 is 9.59 Å². The normalized spacial score (nSPS) is 16.5. The Labute approximate surface area is 133 Å². The Kier molecular flexibility index (Phi) is 9.87. The number of carbonyl (C=O) groups excluding carboxylic acids is 2. The van der Waals surface area contributed by atoms with Crippen LogP contribution in [-0.2, 0) is 9.59 Å². The van der Waals surface area contributed by atoms with E-state index in [2.05, 4.69) is 19.3 Å². The summed E-state index contributed by atoms with van der Waals surface area (Å²) in [5.74, 6) is -0.850. The lowest BCUT2D eigenvalue weighted by Crippen LogP contribution is -2.35. The SMILES string of the molecule is CCCC.CCCCC1C(=O)NN(c2ccccc2)C1=O.N. The number of hydrogen-bond acceptors (Lipinski definition) is 3. The van der Waals surface area contributed by atoms with Crippen LogP contribution in [0.15, 0.2) is 30.3 Å². The fourth-order valence-electron chi connectivity index (χ4n) is 1.94. The maximum absolute atomic E-state index is 12.1. The smallest absolute Gasteiger partial charge is 0.258 e. The molecule has 5 heteroatoms. The third-order valence-electron chi connectivity index (χ3n) is 3.42. The van der Waals surface area contributed by atoms with Crippen molar-refractivity contribution in [2.45, 2.75) is 52.9 Å². The minimum atomic E-state index is -0.518. The molecule has 0 aliphatic carbocycles. The molecule has 1 aliphatic heterocycles. The Morgan fingerprint density at radius 3 is 2.09 bits per heavy atom. The van der Waals surface area contributed by atoms with Gasteiger partial charge < -0.3 is 6.15 Å². The molecule has 0 saturated carbocycles. The molecule has 1 aromatic rings. The van der Waals surface area contributed by atoms with E-state index in [1.165, 1.54) is 17.9 Å². The van der Waals surface area contributed by atoms with Crippen molar-refractivity contribution in [3.05, 3.63) is 30.3 Å². The Bertz CT molecular complexity index is 446. The molecule has 2 amide bonds. The summed E-state index contributed by atoms with van der Waals surface area (Å²) < 4.78 is 0. The predicted molar refractivity (Wildman–Crippen MR) is 90.7 cm³/mol. The average Bonchev–Trinajstić information content (AvgIpc) is 2.81. The molecule has 4 N–H and O–H groups in total. The minimum Gasteiger partial charge on any atom is -0.344 e. The number of nitrogens with zero attached hydrogens (tertiary/aromatic N) is 1. The van der Waals surface area contributed by atoms with Gasteiger partial charge in [0.2, 0.25) is 0 Å². The van der Waals surface area contributed by atoms with Gasteiger partial charge in [-0.25, -0.2) is 5.01 Å². The number of rotatable bonds is 5. The first-order chi connectivity index (χ1) is 10.2. The quantitative estimate of drug-likeness (QED) is 0.810. The Morgan fingerprint density at radius 2 is 1.59 bits per heavy atom. The zero-order valence-electron chi connectivity index (χ0n) is 14.0. The summed E-state index contributed by atoms with van der Waals surface area (Å²) in [6.45, 7) is 6.41. The second kappa shape index (κ2) is 10.8. The molecule has 1 heterocycles. The van der Waals surface area contributed by atoms with Gasteiger partial charge in [0, 0.05) is 0 Å². The van der Waals surface area contributed by atoms with Gasteiger partial charge >= 0.3 is 0 Å². The highest BCUT2D eigenvalue weighted by molar-refractivity contribution is 6.14. The molecule has 0 spiro atoms. The largest absolute Gasteiger partial charge is 0.344 e. The maximum atomic E-state index is 12.1. The molecule has 5 nitrogen and oxygen atoms in total. The van der Waals surface area contributed by atoms with E-state index in [4.69, 9.17) is 0 Å². The van der Waals surface area contributed by atoms with Crippen molar-refractivity contribution in [3.63, 3.8) is 0 Å². The number of anilines is 1. The summed E-state index contributed by atoms with van der Waals surface area (Å²) in [4.78, 5) is 23.8. The van der Waals surface area contributed by atoms with Crippen molar-refractivity contribution in [3.8, 4) is 0 Å². The third kappa shape index (κ3) is 5.48. The highest BCUT2D eigenvalue weighted by atomic mass is 16.2. The van der Waals surface area contributed by atoms with Crippen LogP contribution in [0.25, 0.3) is 0 Å². The number of benzene rings is 1. The monoisotopic (exact) mass is 307 g/mol. The van der Waals surface area contributed by atoms with Crippen LogP contribution >= 0.6 is 0 Å². The van der Waals surface area contributed by atoms with Crippen molar-refractivity contribution in [2.75, 3.05) is 5.01 Å². The van der Waals surface area contributed by atoms with Gasteiger partial charge in [-0.3, -0.25) is 15.0 Å². The van der Waals surface area contributed by atoms with E-state index in [1.807, 2.05) is 25.1 Å². The van der Waals surface area contributed by atoms with Gasteiger partial charge in [-0.05, 0) is 18.6 Å². The summed E-state index contributed by atoms with van der Waals surface area (Å²) in [5.41, 5.74) is 3.34. The molecular formula is C17H29N3O2. The zero-order valence-corrected chi connectivity index (χ0v) is 14.0. The van der Waals surface area contributed by atoms with E-state index < -0.39 is 5.92 Å². The molecule has 1 fully saturated rings. The molecule has 0 bridgehead atoms. The van der Waals surface area contributed by atoms with Crippen LogP contribution in [0.5, 0.6) is 0 Å². The van der Waals surface area contributed by atoms with Crippen LogP contribution in [0.4, 0.5) is 5.69 Å². The first-order valence-electron chi connectivity index (χ1n) is 7.85. The zero-order chi connectivity index (χ0) is 15.7. The molecule has 22 heavy (non-hydrogen) atoms. The van der Waals surface area contributed by atoms with Crippen LogP contribution in [0, 0.1) is 5.92 Å². The molecule has 0 aromatic heterocycles. The van der Waals surface area contributed by atoms with Crippen molar-refractivity contribution >= 4 is 17.5 Å². The van der Waals surface area contributed by atoms with Gasteiger partial charge in [0.15, 0.2) is 0 Å². The fourth-order valence-corrected chi connectivity index (χ4v) is 1.94. The number of hydrazine groups is 1. The second-order valence-corrected chi connectivity index (χ2v) is 5.18. The Hall–Kier alpha value is -1.88. The van der Waals surface area contributed by atoms with E-state index in [0.717, 1.165) is 12.8 Å². The van der Waals surface area contributed by atoms with Gasteiger partial charge in [0.1, 0.15) is 5.92 Å². The highest BCUT2D eigenvalue weighted by Gasteiger charge is 2.39. The Balaban J connectivity index is 0.000000791. The maximum Gasteiger partial charge on any atom is 0.258 e. The van der Waals surface area contributed by atoms with E-state index in [1.54, 1.807) is 12.1 Å². The van der Waals surface area contributed by atoms with Crippen LogP contribution in [0.2, 0.25) is 0 Å². The summed E-state index contributed by atoms with van der Waals surface area (Å²) >= 11 is 0. The molecule has 0 radical (unpaired) electrons. The topological polar surface area (TPSA) is 84.4 Å². The lowest BCUT2D eigenvalue weighted by Gasteiger charge is -2.14. The van der Waals surface area contributed by atoms with Crippen LogP contribution in [0.1, 0.15) is 52.9 Å². The number of amides is 2. The predicted octanol–water partition coefficient (Wildman–Crippen LogP) is 3.84. The fraction of sp³-hybridized carbons (Fsp3) is 0.529.